The molecule has 0 nitrogen and oxygen atoms in total. The average molecular weight is 318 g/mol. The van der Waals surface area contributed by atoms with Crippen LogP contribution in [0.4, 0.5) is 0 Å². The molecule has 0 saturated carbocycles. The first-order chi connectivity index (χ1) is 0. The van der Waals surface area contributed by atoms with Gasteiger partial charge in [0.05, 0.1) is 0 Å². The molecule has 0 rings (SSSR count). The molecule has 0 amide bonds. The largest absolute Gasteiger partial charge is 0.358 e. The second-order valence-electron chi connectivity index (χ2n) is 0. The van der Waals surface area contributed by atoms with E-state index in [2.05, 4.69) is 0 Å². The number of hydrogen-bond acceptors (Lipinski definition) is 0. The molecule has 0 aliphatic rings. The fourth-order valence-electron chi connectivity index (χ4n) is 0. The van der Waals surface area contributed by atoms with Crippen LogP contribution in [-0.2, 0) is 53.8 Å². The van der Waals surface area contributed by atoms with Gasteiger partial charge < -0.3 is 22.3 Å². The van der Waals surface area contributed by atoms with E-state index in [0.29, 0.717) is 0 Å². The van der Waals surface area contributed by atoms with E-state index in [9.17, 15) is 0 Å². The van der Waals surface area contributed by atoms with E-state index in [4.69, 9.17) is 0 Å². The summed E-state index contributed by atoms with van der Waals surface area (Å²) in [7, 11) is 0. The van der Waals surface area contributed by atoms with Crippen molar-refractivity contribution in [1.82, 2.24) is 0 Å². The second kappa shape index (κ2) is 41.4. The molecule has 33 valence electrons. The fourth-order valence-corrected chi connectivity index (χ4v) is 0. The Balaban J connectivity index is 0. The van der Waals surface area contributed by atoms with Gasteiger partial charge in [-0.25, -0.2) is 0 Å². The minimum absolute atomic E-state index is 0. The molecule has 0 atom stereocenters. The summed E-state index contributed by atoms with van der Waals surface area (Å²) in [6.07, 6.45) is 0. The van der Waals surface area contributed by atoms with Crippen molar-refractivity contribution in [3.05, 3.63) is 22.3 Å². The van der Waals surface area contributed by atoms with Gasteiger partial charge in [0.1, 0.15) is 0 Å². The molecule has 0 aromatic carbocycles. The summed E-state index contributed by atoms with van der Waals surface area (Å²) >= 11 is 0. The Morgan fingerprint density at radius 2 is 0.600 bits per heavy atom. The summed E-state index contributed by atoms with van der Waals surface area (Å²) in [5, 5.41) is 0. The van der Waals surface area contributed by atoms with Gasteiger partial charge in [-0.1, -0.05) is 0 Å². The summed E-state index contributed by atoms with van der Waals surface area (Å²) < 4.78 is 0. The Kier molecular flexibility index (Phi) is 588. The van der Waals surface area contributed by atoms with Crippen molar-refractivity contribution in [3.8, 4) is 0 Å². The van der Waals surface area contributed by atoms with Gasteiger partial charge in [0, 0.05) is 53.8 Å². The van der Waals surface area contributed by atoms with Gasteiger partial charge in [-0.2, -0.15) is 0 Å². The van der Waals surface area contributed by atoms with Gasteiger partial charge in [-0.15, -0.1) is 0 Å². The third-order valence-corrected chi connectivity index (χ3v) is 0. The van der Waals surface area contributed by atoms with Crippen LogP contribution in [0.15, 0.2) is 0 Å². The summed E-state index contributed by atoms with van der Waals surface area (Å²) in [6.45, 7) is 0. The van der Waals surface area contributed by atoms with Crippen molar-refractivity contribution < 1.29 is 53.8 Å². The van der Waals surface area contributed by atoms with Crippen molar-refractivity contribution in [3.63, 3.8) is 0 Å². The van der Waals surface area contributed by atoms with Crippen LogP contribution in [0.1, 0.15) is 0 Å². The predicted octanol–water partition coefficient (Wildman–Crippen LogP) is 1.35. The van der Waals surface area contributed by atoms with Gasteiger partial charge >= 0.3 is 0 Å². The van der Waals surface area contributed by atoms with E-state index in [0.717, 1.165) is 0 Å². The molecular weight excluding hydrogens is 309 g/mol. The Morgan fingerprint density at radius 1 is 0.600 bits per heavy atom. The van der Waals surface area contributed by atoms with Gasteiger partial charge in [-0.3, -0.25) is 0 Å². The van der Waals surface area contributed by atoms with Gasteiger partial charge in [0.2, 0.25) is 0 Å². The van der Waals surface area contributed by atoms with Gasteiger partial charge in [0.15, 0.2) is 0 Å². The third-order valence-electron chi connectivity index (χ3n) is 0. The van der Waals surface area contributed by atoms with Crippen LogP contribution in [0.3, 0.4) is 0 Å². The van der Waals surface area contributed by atoms with Gasteiger partial charge in [-0.05, 0) is 0 Å². The molecule has 0 spiro atoms. The molecule has 0 aromatic rings. The van der Waals surface area contributed by atoms with Crippen LogP contribution in [0.25, 0.3) is 0 Å². The molecule has 0 heterocycles. The summed E-state index contributed by atoms with van der Waals surface area (Å²) in [5.74, 6) is 0. The predicted molar refractivity (Wildman–Crippen MR) is 19.2 cm³/mol. The summed E-state index contributed by atoms with van der Waals surface area (Å²) in [4.78, 5) is 0. The molecule has 0 fully saturated rings. The van der Waals surface area contributed by atoms with E-state index in [1.54, 1.807) is 0 Å². The first kappa shape index (κ1) is 70.9. The maximum absolute atomic E-state index is 0. The molecule has 2 heteroatoms. The van der Waals surface area contributed by atoms with Crippen molar-refractivity contribution in [2.75, 3.05) is 0 Å². The first-order valence-electron chi connectivity index (χ1n) is 0. The maximum atomic E-state index is 0. The Bertz CT molecular complexity index is 6.85. The number of hydrogen-bond donors (Lipinski definition) is 0. The van der Waals surface area contributed by atoms with E-state index >= 15 is 0 Å². The smallest absolute Gasteiger partial charge is 0 e. The van der Waals surface area contributed by atoms with Crippen LogP contribution in [-0.4, -0.2) is 0 Å². The topological polar surface area (TPSA) is 0 Å². The SMILES string of the molecule is [CH3-].[CH3-].[CH3-].[W].[Y]. The van der Waals surface area contributed by atoms with E-state index in [1.165, 1.54) is 0 Å². The zero-order valence-corrected chi connectivity index (χ0v) is 9.76. The molecule has 0 saturated heterocycles. The van der Waals surface area contributed by atoms with Crippen LogP contribution in [0, 0.1) is 22.3 Å². The second-order valence-corrected chi connectivity index (χ2v) is 0. The van der Waals surface area contributed by atoms with Crippen LogP contribution < -0.4 is 0 Å². The monoisotopic (exact) mass is 318 g/mol. The van der Waals surface area contributed by atoms with Crippen LogP contribution >= 0.6 is 0 Å². The Hall–Kier alpha value is 1.79. The Morgan fingerprint density at radius 3 is 0.600 bits per heavy atom. The zero-order valence-electron chi connectivity index (χ0n) is 3.99. The zero-order chi connectivity index (χ0) is 0. The summed E-state index contributed by atoms with van der Waals surface area (Å²) in [6, 6.07) is 0. The average Bonchev–Trinajstić information content (AvgIpc) is 0. The maximum Gasteiger partial charge on any atom is 0 e. The van der Waals surface area contributed by atoms with E-state index < -0.39 is 0 Å². The van der Waals surface area contributed by atoms with E-state index in [-0.39, 0.29) is 76.1 Å². The minimum Gasteiger partial charge on any atom is -0.358 e. The molecule has 0 aliphatic heterocycles. The van der Waals surface area contributed by atoms with Crippen LogP contribution in [0.2, 0.25) is 0 Å². The molecule has 0 aromatic heterocycles. The molecular formula is C3H9WY-3. The van der Waals surface area contributed by atoms with Crippen LogP contribution in [0.5, 0.6) is 0 Å². The fraction of sp³-hybridized carbons (Fsp3) is 0. The quantitative estimate of drug-likeness (QED) is 0.592. The van der Waals surface area contributed by atoms with Crippen molar-refractivity contribution in [1.29, 1.82) is 0 Å². The summed E-state index contributed by atoms with van der Waals surface area (Å²) in [5.41, 5.74) is 0. The third kappa shape index (κ3) is 25.9. The molecule has 0 aliphatic carbocycles. The molecule has 0 N–H and O–H groups in total. The van der Waals surface area contributed by atoms with Crippen molar-refractivity contribution >= 4 is 0 Å². The van der Waals surface area contributed by atoms with E-state index in [1.807, 2.05) is 0 Å². The Labute approximate surface area is 75.3 Å². The van der Waals surface area contributed by atoms with Crippen molar-refractivity contribution in [2.24, 2.45) is 0 Å². The molecule has 0 unspecified atom stereocenters. The standard InChI is InChI=1S/3CH3.W.Y/h3*1H3;;/q3*-1;;. The minimum atomic E-state index is 0. The molecule has 0 bridgehead atoms. The molecule has 5 heavy (non-hydrogen) atoms. The first-order valence-corrected chi connectivity index (χ1v) is 0. The van der Waals surface area contributed by atoms with Crippen molar-refractivity contribution in [2.45, 2.75) is 0 Å². The normalized spacial score (nSPS) is 0. The van der Waals surface area contributed by atoms with Gasteiger partial charge in [0.25, 0.3) is 0 Å². The molecule has 1 radical (unpaired) electrons. The number of rotatable bonds is 0.